The lowest BCUT2D eigenvalue weighted by molar-refractivity contribution is -0.114. The van der Waals surface area contributed by atoms with Gasteiger partial charge in [-0.25, -0.2) is 4.39 Å². The van der Waals surface area contributed by atoms with Crippen LogP contribution in [0.5, 0.6) is 0 Å². The molecule has 110 valence electrons. The van der Waals surface area contributed by atoms with Crippen molar-refractivity contribution in [2.24, 2.45) is 0 Å². The summed E-state index contributed by atoms with van der Waals surface area (Å²) in [4.78, 5) is 11.9. The van der Waals surface area contributed by atoms with Crippen molar-refractivity contribution in [2.45, 2.75) is 13.8 Å². The maximum Gasteiger partial charge on any atom is 0.243 e. The zero-order valence-corrected chi connectivity index (χ0v) is 12.6. The van der Waals surface area contributed by atoms with Crippen LogP contribution in [0.15, 0.2) is 36.4 Å². The third-order valence-electron chi connectivity index (χ3n) is 3.03. The highest BCUT2D eigenvalue weighted by molar-refractivity contribution is 6.31. The summed E-state index contributed by atoms with van der Waals surface area (Å²) in [5.74, 6) is -0.645. The van der Waals surface area contributed by atoms with Crippen molar-refractivity contribution in [3.8, 4) is 0 Å². The molecular weight excluding hydrogens is 291 g/mol. The zero-order valence-electron chi connectivity index (χ0n) is 11.8. The molecule has 0 aliphatic heterocycles. The smallest absolute Gasteiger partial charge is 0.243 e. The van der Waals surface area contributed by atoms with E-state index in [1.54, 1.807) is 24.3 Å². The van der Waals surface area contributed by atoms with Crippen LogP contribution in [0.2, 0.25) is 5.02 Å². The molecule has 0 aliphatic carbocycles. The Kier molecular flexibility index (Phi) is 4.81. The van der Waals surface area contributed by atoms with E-state index in [0.717, 1.165) is 11.1 Å². The van der Waals surface area contributed by atoms with Gasteiger partial charge in [0.05, 0.1) is 12.2 Å². The molecule has 2 aromatic rings. The van der Waals surface area contributed by atoms with E-state index in [9.17, 15) is 9.18 Å². The molecule has 5 heteroatoms. The van der Waals surface area contributed by atoms with Gasteiger partial charge in [0.15, 0.2) is 0 Å². The first-order valence-electron chi connectivity index (χ1n) is 6.52. The summed E-state index contributed by atoms with van der Waals surface area (Å²) >= 11 is 5.89. The van der Waals surface area contributed by atoms with Crippen LogP contribution in [0.25, 0.3) is 0 Å². The Bertz CT molecular complexity index is 673. The van der Waals surface area contributed by atoms with E-state index in [-0.39, 0.29) is 18.3 Å². The average Bonchev–Trinajstić information content (AvgIpc) is 2.44. The second-order valence-corrected chi connectivity index (χ2v) is 5.28. The van der Waals surface area contributed by atoms with Crippen LogP contribution in [0.1, 0.15) is 11.1 Å². The Morgan fingerprint density at radius 3 is 2.67 bits per heavy atom. The summed E-state index contributed by atoms with van der Waals surface area (Å²) in [6.07, 6.45) is 0. The molecule has 0 saturated carbocycles. The summed E-state index contributed by atoms with van der Waals surface area (Å²) in [5, 5.41) is 6.08. The lowest BCUT2D eigenvalue weighted by atomic mass is 10.2. The largest absolute Gasteiger partial charge is 0.374 e. The lowest BCUT2D eigenvalue weighted by Gasteiger charge is -2.11. The van der Waals surface area contributed by atoms with Crippen molar-refractivity contribution < 1.29 is 9.18 Å². The fraction of sp³-hybridized carbons (Fsp3) is 0.188. The van der Waals surface area contributed by atoms with Gasteiger partial charge in [-0.3, -0.25) is 4.79 Å². The number of amides is 1. The Balaban J connectivity index is 1.99. The Hall–Kier alpha value is -2.07. The number of nitrogens with one attached hydrogen (secondary N) is 2. The van der Waals surface area contributed by atoms with Crippen molar-refractivity contribution in [3.05, 3.63) is 58.4 Å². The van der Waals surface area contributed by atoms with Gasteiger partial charge in [-0.2, -0.15) is 0 Å². The number of carbonyl (C=O) groups is 1. The number of hydrogen-bond donors (Lipinski definition) is 2. The molecule has 0 unspecified atom stereocenters. The third kappa shape index (κ3) is 4.20. The monoisotopic (exact) mass is 306 g/mol. The van der Waals surface area contributed by atoms with Gasteiger partial charge >= 0.3 is 0 Å². The van der Waals surface area contributed by atoms with Crippen molar-refractivity contribution in [3.63, 3.8) is 0 Å². The van der Waals surface area contributed by atoms with Crippen LogP contribution < -0.4 is 10.6 Å². The molecular formula is C16H16ClFN2O. The van der Waals surface area contributed by atoms with E-state index in [1.165, 1.54) is 6.07 Å². The number of rotatable bonds is 4. The molecule has 0 atom stereocenters. The minimum Gasteiger partial charge on any atom is -0.374 e. The maximum absolute atomic E-state index is 13.6. The summed E-state index contributed by atoms with van der Waals surface area (Å²) in [6, 6.07) is 9.97. The van der Waals surface area contributed by atoms with E-state index in [1.807, 2.05) is 19.9 Å². The standard InChI is InChI=1S/C16H16ClFN2O/c1-10-3-6-13(18)15(7-10)19-9-16(21)20-14-8-12(17)5-4-11(14)2/h3-8,19H,9H2,1-2H3,(H,20,21). The number of benzene rings is 2. The molecule has 0 heterocycles. The molecule has 2 rings (SSSR count). The topological polar surface area (TPSA) is 41.1 Å². The van der Waals surface area contributed by atoms with Crippen molar-refractivity contribution in [2.75, 3.05) is 17.2 Å². The van der Waals surface area contributed by atoms with Crippen LogP contribution in [-0.4, -0.2) is 12.5 Å². The molecule has 3 nitrogen and oxygen atoms in total. The van der Waals surface area contributed by atoms with Gasteiger partial charge in [0.2, 0.25) is 5.91 Å². The molecule has 0 aliphatic rings. The molecule has 2 aromatic carbocycles. The number of aryl methyl sites for hydroxylation is 2. The minimum atomic E-state index is -0.382. The third-order valence-corrected chi connectivity index (χ3v) is 3.27. The van der Waals surface area contributed by atoms with Crippen LogP contribution in [0.3, 0.4) is 0 Å². The molecule has 0 fully saturated rings. The van der Waals surface area contributed by atoms with Crippen LogP contribution in [0.4, 0.5) is 15.8 Å². The van der Waals surface area contributed by atoms with Gasteiger partial charge < -0.3 is 10.6 Å². The quantitative estimate of drug-likeness (QED) is 0.891. The van der Waals surface area contributed by atoms with E-state index in [4.69, 9.17) is 11.6 Å². The normalized spacial score (nSPS) is 10.3. The van der Waals surface area contributed by atoms with Gasteiger partial charge in [-0.1, -0.05) is 23.7 Å². The first kappa shape index (κ1) is 15.3. The van der Waals surface area contributed by atoms with Crippen molar-refractivity contribution in [1.29, 1.82) is 0 Å². The fourth-order valence-electron chi connectivity index (χ4n) is 1.87. The van der Waals surface area contributed by atoms with E-state index in [0.29, 0.717) is 16.4 Å². The SMILES string of the molecule is Cc1ccc(F)c(NCC(=O)Nc2cc(Cl)ccc2C)c1. The summed E-state index contributed by atoms with van der Waals surface area (Å²) < 4.78 is 13.6. The molecule has 0 radical (unpaired) electrons. The van der Waals surface area contributed by atoms with Crippen LogP contribution >= 0.6 is 11.6 Å². The minimum absolute atomic E-state index is 0.0215. The molecule has 0 saturated heterocycles. The van der Waals surface area contributed by atoms with Gasteiger partial charge in [0.1, 0.15) is 5.82 Å². The van der Waals surface area contributed by atoms with Crippen molar-refractivity contribution in [1.82, 2.24) is 0 Å². The molecule has 2 N–H and O–H groups in total. The fourth-order valence-corrected chi connectivity index (χ4v) is 2.05. The highest BCUT2D eigenvalue weighted by atomic mass is 35.5. The lowest BCUT2D eigenvalue weighted by Crippen LogP contribution is -2.22. The van der Waals surface area contributed by atoms with E-state index < -0.39 is 0 Å². The highest BCUT2D eigenvalue weighted by Crippen LogP contribution is 2.20. The first-order valence-corrected chi connectivity index (χ1v) is 6.89. The summed E-state index contributed by atoms with van der Waals surface area (Å²) in [6.45, 7) is 3.71. The van der Waals surface area contributed by atoms with Gasteiger partial charge in [0.25, 0.3) is 0 Å². The van der Waals surface area contributed by atoms with Gasteiger partial charge in [0, 0.05) is 10.7 Å². The number of halogens is 2. The van der Waals surface area contributed by atoms with Crippen LogP contribution in [-0.2, 0) is 4.79 Å². The van der Waals surface area contributed by atoms with Crippen molar-refractivity contribution >= 4 is 28.9 Å². The zero-order chi connectivity index (χ0) is 15.4. The second kappa shape index (κ2) is 6.59. The number of anilines is 2. The molecule has 0 spiro atoms. The predicted octanol–water partition coefficient (Wildman–Crippen LogP) is 4.15. The number of hydrogen-bond acceptors (Lipinski definition) is 2. The Morgan fingerprint density at radius 2 is 1.90 bits per heavy atom. The van der Waals surface area contributed by atoms with E-state index in [2.05, 4.69) is 10.6 Å². The second-order valence-electron chi connectivity index (χ2n) is 4.84. The summed E-state index contributed by atoms with van der Waals surface area (Å²) in [7, 11) is 0. The Labute approximate surface area is 128 Å². The highest BCUT2D eigenvalue weighted by Gasteiger charge is 2.07. The Morgan fingerprint density at radius 1 is 1.14 bits per heavy atom. The average molecular weight is 307 g/mol. The van der Waals surface area contributed by atoms with Crippen LogP contribution in [0, 0.1) is 19.7 Å². The summed E-state index contributed by atoms with van der Waals surface area (Å²) in [5.41, 5.74) is 2.80. The molecule has 21 heavy (non-hydrogen) atoms. The molecule has 0 aromatic heterocycles. The van der Waals surface area contributed by atoms with Gasteiger partial charge in [-0.05, 0) is 49.2 Å². The maximum atomic E-state index is 13.6. The van der Waals surface area contributed by atoms with E-state index >= 15 is 0 Å². The number of carbonyl (C=O) groups excluding carboxylic acids is 1. The predicted molar refractivity (Wildman–Crippen MR) is 84.4 cm³/mol. The molecule has 0 bridgehead atoms. The molecule has 1 amide bonds. The van der Waals surface area contributed by atoms with Gasteiger partial charge in [-0.15, -0.1) is 0 Å². The first-order chi connectivity index (χ1) is 9.95.